The van der Waals surface area contributed by atoms with Gasteiger partial charge in [0.1, 0.15) is 5.82 Å². The summed E-state index contributed by atoms with van der Waals surface area (Å²) in [5.74, 6) is 1.82. The van der Waals surface area contributed by atoms with Crippen molar-refractivity contribution < 1.29 is 5.11 Å². The Hall–Kier alpha value is -2.45. The molecule has 126 valence electrons. The van der Waals surface area contributed by atoms with Gasteiger partial charge in [-0.3, -0.25) is 0 Å². The Morgan fingerprint density at radius 1 is 1.21 bits per heavy atom. The summed E-state index contributed by atoms with van der Waals surface area (Å²) < 4.78 is 0.932. The van der Waals surface area contributed by atoms with Crippen LogP contribution in [0.25, 0.3) is 21.6 Å². The minimum Gasteiger partial charge on any atom is -0.395 e. The highest BCUT2D eigenvalue weighted by molar-refractivity contribution is 7.23. The van der Waals surface area contributed by atoms with Crippen molar-refractivity contribution in [2.75, 3.05) is 36.1 Å². The molecule has 0 unspecified atom stereocenters. The normalized spacial score (nSPS) is 11.1. The highest BCUT2D eigenvalue weighted by atomic mass is 32.1. The van der Waals surface area contributed by atoms with Gasteiger partial charge in [0.25, 0.3) is 0 Å². The highest BCUT2D eigenvalue weighted by Gasteiger charge is 2.17. The van der Waals surface area contributed by atoms with Crippen LogP contribution >= 0.6 is 11.3 Å². The van der Waals surface area contributed by atoms with Crippen LogP contribution in [0.15, 0.2) is 24.4 Å². The van der Waals surface area contributed by atoms with Crippen LogP contribution in [0.1, 0.15) is 13.3 Å². The molecule has 3 heterocycles. The molecule has 0 saturated heterocycles. The highest BCUT2D eigenvalue weighted by Crippen LogP contribution is 2.35. The van der Waals surface area contributed by atoms with Crippen LogP contribution in [0, 0.1) is 0 Å². The molecule has 7 nitrogen and oxygen atoms in total. The first-order chi connectivity index (χ1) is 11.6. The van der Waals surface area contributed by atoms with Crippen molar-refractivity contribution in [1.29, 1.82) is 0 Å². The van der Waals surface area contributed by atoms with E-state index in [0.29, 0.717) is 23.2 Å². The van der Waals surface area contributed by atoms with E-state index in [1.165, 1.54) is 11.3 Å². The van der Waals surface area contributed by atoms with Crippen LogP contribution in [-0.4, -0.2) is 39.8 Å². The number of hydrogen-bond donors (Lipinski definition) is 3. The lowest BCUT2D eigenvalue weighted by molar-refractivity contribution is 0.301. The second kappa shape index (κ2) is 6.98. The van der Waals surface area contributed by atoms with Crippen molar-refractivity contribution in [3.63, 3.8) is 0 Å². The molecule has 3 rings (SSSR count). The molecule has 3 aromatic rings. The number of aliphatic hydroxyl groups is 1. The second-order valence-electron chi connectivity index (χ2n) is 5.42. The van der Waals surface area contributed by atoms with Gasteiger partial charge in [-0.2, -0.15) is 0 Å². The standard InChI is InChI=1S/C16H20N6OS/c1-2-5-22(6-7-23)16-14-11(8-13(18)24-14)20-15(21-16)10-3-4-12(17)19-9-10/h3-4,8-9,23H,2,5-7,18H2,1H3,(H2,17,19). The molecular weight excluding hydrogens is 324 g/mol. The fourth-order valence-electron chi connectivity index (χ4n) is 2.53. The average Bonchev–Trinajstić information content (AvgIpc) is 2.94. The van der Waals surface area contributed by atoms with E-state index in [1.807, 2.05) is 12.1 Å². The Morgan fingerprint density at radius 2 is 2.04 bits per heavy atom. The molecule has 3 aromatic heterocycles. The quantitative estimate of drug-likeness (QED) is 0.627. The predicted molar refractivity (Wildman–Crippen MR) is 99.1 cm³/mol. The molecular formula is C16H20N6OS. The molecule has 8 heteroatoms. The van der Waals surface area contributed by atoms with Gasteiger partial charge >= 0.3 is 0 Å². The van der Waals surface area contributed by atoms with E-state index in [-0.39, 0.29) is 6.61 Å². The van der Waals surface area contributed by atoms with Crippen LogP contribution in [0.4, 0.5) is 16.6 Å². The maximum atomic E-state index is 9.39. The van der Waals surface area contributed by atoms with Crippen LogP contribution in [0.3, 0.4) is 0 Å². The summed E-state index contributed by atoms with van der Waals surface area (Å²) in [4.78, 5) is 15.5. The van der Waals surface area contributed by atoms with Crippen LogP contribution < -0.4 is 16.4 Å². The average molecular weight is 344 g/mol. The Balaban J connectivity index is 2.16. The van der Waals surface area contributed by atoms with Crippen molar-refractivity contribution in [3.8, 4) is 11.4 Å². The lowest BCUT2D eigenvalue weighted by Crippen LogP contribution is -2.28. The lowest BCUT2D eigenvalue weighted by Gasteiger charge is -2.23. The third kappa shape index (κ3) is 3.24. The van der Waals surface area contributed by atoms with Gasteiger partial charge < -0.3 is 21.5 Å². The first-order valence-electron chi connectivity index (χ1n) is 7.77. The van der Waals surface area contributed by atoms with Crippen molar-refractivity contribution in [3.05, 3.63) is 24.4 Å². The fraction of sp³-hybridized carbons (Fsp3) is 0.312. The number of aliphatic hydroxyl groups excluding tert-OH is 1. The van der Waals surface area contributed by atoms with E-state index in [1.54, 1.807) is 12.3 Å². The van der Waals surface area contributed by atoms with Crippen LogP contribution in [-0.2, 0) is 0 Å². The molecule has 5 N–H and O–H groups in total. The number of nitrogens with zero attached hydrogens (tertiary/aromatic N) is 4. The monoisotopic (exact) mass is 344 g/mol. The molecule has 0 bridgehead atoms. The maximum absolute atomic E-state index is 9.39. The second-order valence-corrected chi connectivity index (χ2v) is 6.50. The van der Waals surface area contributed by atoms with Gasteiger partial charge in [-0.05, 0) is 24.6 Å². The first-order valence-corrected chi connectivity index (χ1v) is 8.58. The zero-order valence-corrected chi connectivity index (χ0v) is 14.3. The SMILES string of the molecule is CCCN(CCO)c1nc(-c2ccc(N)nc2)nc2cc(N)sc12. The number of hydrogen-bond acceptors (Lipinski definition) is 8. The number of anilines is 3. The summed E-state index contributed by atoms with van der Waals surface area (Å²) in [5.41, 5.74) is 13.2. The van der Waals surface area contributed by atoms with E-state index in [0.717, 1.165) is 34.6 Å². The van der Waals surface area contributed by atoms with Gasteiger partial charge in [0.15, 0.2) is 11.6 Å². The van der Waals surface area contributed by atoms with E-state index in [4.69, 9.17) is 16.5 Å². The molecule has 0 aromatic carbocycles. The number of fused-ring (bicyclic) bond motifs is 1. The molecule has 0 aliphatic heterocycles. The summed E-state index contributed by atoms with van der Waals surface area (Å²) in [6.07, 6.45) is 2.61. The van der Waals surface area contributed by atoms with Gasteiger partial charge in [-0.1, -0.05) is 6.92 Å². The van der Waals surface area contributed by atoms with Crippen LogP contribution in [0.5, 0.6) is 0 Å². The maximum Gasteiger partial charge on any atom is 0.163 e. The lowest BCUT2D eigenvalue weighted by atomic mass is 10.2. The Morgan fingerprint density at radius 3 is 2.71 bits per heavy atom. The zero-order valence-electron chi connectivity index (χ0n) is 13.4. The minimum atomic E-state index is 0.0606. The number of nitrogens with two attached hydrogens (primary N) is 2. The van der Waals surface area contributed by atoms with E-state index in [2.05, 4.69) is 21.8 Å². The van der Waals surface area contributed by atoms with E-state index < -0.39 is 0 Å². The molecule has 0 fully saturated rings. The molecule has 0 aliphatic rings. The number of aromatic nitrogens is 3. The topological polar surface area (TPSA) is 114 Å². The summed E-state index contributed by atoms with van der Waals surface area (Å²) in [6, 6.07) is 5.42. The predicted octanol–water partition coefficient (Wildman–Crippen LogP) is 2.13. The van der Waals surface area contributed by atoms with Crippen molar-refractivity contribution in [2.24, 2.45) is 0 Å². The van der Waals surface area contributed by atoms with Gasteiger partial charge in [-0.25, -0.2) is 15.0 Å². The van der Waals surface area contributed by atoms with Crippen molar-refractivity contribution >= 4 is 38.2 Å². The van der Waals surface area contributed by atoms with Crippen molar-refractivity contribution in [1.82, 2.24) is 15.0 Å². The summed E-state index contributed by atoms with van der Waals surface area (Å²) >= 11 is 1.46. The summed E-state index contributed by atoms with van der Waals surface area (Å²) in [5, 5.41) is 10.1. The van der Waals surface area contributed by atoms with Crippen molar-refractivity contribution in [2.45, 2.75) is 13.3 Å². The molecule has 0 atom stereocenters. The molecule has 0 aliphatic carbocycles. The first kappa shape index (κ1) is 16.4. The molecule has 0 radical (unpaired) electrons. The minimum absolute atomic E-state index is 0.0606. The smallest absolute Gasteiger partial charge is 0.163 e. The Bertz CT molecular complexity index is 826. The number of thiophene rings is 1. The van der Waals surface area contributed by atoms with Gasteiger partial charge in [-0.15, -0.1) is 11.3 Å². The summed E-state index contributed by atoms with van der Waals surface area (Å²) in [7, 11) is 0. The number of pyridine rings is 1. The number of nitrogen functional groups attached to an aromatic ring is 2. The van der Waals surface area contributed by atoms with E-state index in [9.17, 15) is 5.11 Å². The zero-order chi connectivity index (χ0) is 17.1. The third-order valence-corrected chi connectivity index (χ3v) is 4.53. The molecule has 24 heavy (non-hydrogen) atoms. The third-order valence-electron chi connectivity index (χ3n) is 3.58. The van der Waals surface area contributed by atoms with Gasteiger partial charge in [0.05, 0.1) is 21.8 Å². The Labute approximate surface area is 144 Å². The summed E-state index contributed by atoms with van der Waals surface area (Å²) in [6.45, 7) is 3.46. The van der Waals surface area contributed by atoms with E-state index >= 15 is 0 Å². The largest absolute Gasteiger partial charge is 0.395 e. The number of rotatable bonds is 6. The molecule has 0 amide bonds. The van der Waals surface area contributed by atoms with Crippen LogP contribution in [0.2, 0.25) is 0 Å². The Kier molecular flexibility index (Phi) is 4.77. The van der Waals surface area contributed by atoms with Gasteiger partial charge in [0, 0.05) is 24.8 Å². The molecule has 0 spiro atoms. The van der Waals surface area contributed by atoms with Gasteiger partial charge in [0.2, 0.25) is 0 Å². The fourth-order valence-corrected chi connectivity index (χ4v) is 3.41. The molecule has 0 saturated carbocycles.